The third kappa shape index (κ3) is 2.49. The molecule has 0 saturated heterocycles. The molecule has 0 bridgehead atoms. The van der Waals surface area contributed by atoms with E-state index in [1.807, 2.05) is 6.07 Å². The van der Waals surface area contributed by atoms with E-state index < -0.39 is 11.9 Å². The Labute approximate surface area is 119 Å². The molecule has 0 saturated carbocycles. The molecule has 2 aromatic carbocycles. The average molecular weight is 281 g/mol. The number of carbonyl (C=O) groups excluding carboxylic acids is 2. The lowest BCUT2D eigenvalue weighted by Crippen LogP contribution is -2.12. The first kappa shape index (κ1) is 12.9. The van der Waals surface area contributed by atoms with Crippen molar-refractivity contribution in [3.8, 4) is 5.75 Å². The standard InChI is InChI=1S/C16H11NO4/c18-11-6-4-10(5-7-11)15(19)21-16(20)13-2-1-3-14-12(13)8-9-17-14/h1-9,17-18H. The van der Waals surface area contributed by atoms with Crippen LogP contribution in [-0.4, -0.2) is 22.0 Å². The maximum atomic E-state index is 12.1. The number of ether oxygens (including phenoxy) is 1. The fraction of sp³-hybridized carbons (Fsp3) is 0. The fourth-order valence-electron chi connectivity index (χ4n) is 2.06. The molecule has 0 aliphatic heterocycles. The molecule has 21 heavy (non-hydrogen) atoms. The second-order valence-corrected chi connectivity index (χ2v) is 4.47. The Kier molecular flexibility index (Phi) is 3.16. The Balaban J connectivity index is 1.84. The van der Waals surface area contributed by atoms with Gasteiger partial charge >= 0.3 is 11.9 Å². The van der Waals surface area contributed by atoms with Gasteiger partial charge in [-0.2, -0.15) is 0 Å². The van der Waals surface area contributed by atoms with Crippen LogP contribution >= 0.6 is 0 Å². The molecular weight excluding hydrogens is 270 g/mol. The van der Waals surface area contributed by atoms with E-state index in [0.29, 0.717) is 10.9 Å². The van der Waals surface area contributed by atoms with Crippen LogP contribution in [0.1, 0.15) is 20.7 Å². The van der Waals surface area contributed by atoms with Gasteiger partial charge in [0.05, 0.1) is 11.1 Å². The zero-order valence-electron chi connectivity index (χ0n) is 10.9. The predicted molar refractivity (Wildman–Crippen MR) is 76.2 cm³/mol. The molecule has 5 nitrogen and oxygen atoms in total. The van der Waals surface area contributed by atoms with Crippen LogP contribution in [0.4, 0.5) is 0 Å². The van der Waals surface area contributed by atoms with Gasteiger partial charge in [0, 0.05) is 17.1 Å². The lowest BCUT2D eigenvalue weighted by molar-refractivity contribution is 0.0399. The van der Waals surface area contributed by atoms with E-state index in [9.17, 15) is 14.7 Å². The molecule has 3 aromatic rings. The third-order valence-electron chi connectivity index (χ3n) is 3.10. The number of aromatic hydroxyl groups is 1. The summed E-state index contributed by atoms with van der Waals surface area (Å²) in [7, 11) is 0. The lowest BCUT2D eigenvalue weighted by atomic mass is 10.1. The van der Waals surface area contributed by atoms with Gasteiger partial charge in [0.2, 0.25) is 0 Å². The lowest BCUT2D eigenvalue weighted by Gasteiger charge is -2.04. The Morgan fingerprint density at radius 3 is 2.48 bits per heavy atom. The highest BCUT2D eigenvalue weighted by molar-refractivity contribution is 6.09. The molecule has 0 aliphatic carbocycles. The van der Waals surface area contributed by atoms with Crippen molar-refractivity contribution >= 4 is 22.8 Å². The van der Waals surface area contributed by atoms with E-state index in [4.69, 9.17) is 4.74 Å². The highest BCUT2D eigenvalue weighted by Gasteiger charge is 2.17. The molecule has 0 spiro atoms. The quantitative estimate of drug-likeness (QED) is 0.559. The molecule has 1 aromatic heterocycles. The number of esters is 2. The number of aromatic nitrogens is 1. The Morgan fingerprint density at radius 2 is 1.71 bits per heavy atom. The van der Waals surface area contributed by atoms with Gasteiger partial charge in [-0.3, -0.25) is 0 Å². The van der Waals surface area contributed by atoms with E-state index in [2.05, 4.69) is 4.98 Å². The van der Waals surface area contributed by atoms with Crippen LogP contribution in [0.2, 0.25) is 0 Å². The highest BCUT2D eigenvalue weighted by Crippen LogP contribution is 2.19. The number of fused-ring (bicyclic) bond motifs is 1. The molecular formula is C16H11NO4. The minimum Gasteiger partial charge on any atom is -0.508 e. The second kappa shape index (κ2) is 5.13. The zero-order chi connectivity index (χ0) is 14.8. The van der Waals surface area contributed by atoms with Crippen molar-refractivity contribution in [1.29, 1.82) is 0 Å². The van der Waals surface area contributed by atoms with Crippen LogP contribution in [-0.2, 0) is 4.74 Å². The van der Waals surface area contributed by atoms with E-state index >= 15 is 0 Å². The van der Waals surface area contributed by atoms with Crippen LogP contribution in [0, 0.1) is 0 Å². The summed E-state index contributed by atoms with van der Waals surface area (Å²) < 4.78 is 4.87. The van der Waals surface area contributed by atoms with Crippen LogP contribution in [0.25, 0.3) is 10.9 Å². The molecule has 104 valence electrons. The normalized spacial score (nSPS) is 10.5. The SMILES string of the molecule is O=C(OC(=O)c1cccc2[nH]ccc12)c1ccc(O)cc1. The first-order valence-electron chi connectivity index (χ1n) is 6.27. The second-order valence-electron chi connectivity index (χ2n) is 4.47. The molecule has 5 heteroatoms. The van der Waals surface area contributed by atoms with Crippen molar-refractivity contribution in [3.05, 3.63) is 65.9 Å². The Hall–Kier alpha value is -3.08. The Bertz CT molecular complexity index is 818. The first-order valence-corrected chi connectivity index (χ1v) is 6.27. The summed E-state index contributed by atoms with van der Waals surface area (Å²) in [6.45, 7) is 0. The fourth-order valence-corrected chi connectivity index (χ4v) is 2.06. The van der Waals surface area contributed by atoms with Crippen LogP contribution < -0.4 is 0 Å². The smallest absolute Gasteiger partial charge is 0.346 e. The van der Waals surface area contributed by atoms with Crippen molar-refractivity contribution in [1.82, 2.24) is 4.98 Å². The van der Waals surface area contributed by atoms with Gasteiger partial charge in [-0.05, 0) is 42.5 Å². The number of H-pyrrole nitrogens is 1. The zero-order valence-corrected chi connectivity index (χ0v) is 10.9. The van der Waals surface area contributed by atoms with Gasteiger partial charge in [0.1, 0.15) is 5.75 Å². The number of rotatable bonds is 2. The summed E-state index contributed by atoms with van der Waals surface area (Å²) in [4.78, 5) is 27.0. The third-order valence-corrected chi connectivity index (χ3v) is 3.10. The predicted octanol–water partition coefficient (Wildman–Crippen LogP) is 2.87. The molecule has 1 heterocycles. The summed E-state index contributed by atoms with van der Waals surface area (Å²) in [5.74, 6) is -1.43. The monoisotopic (exact) mass is 281 g/mol. The number of benzene rings is 2. The molecule has 3 rings (SSSR count). The molecule has 0 radical (unpaired) electrons. The number of aromatic amines is 1. The molecule has 0 aliphatic rings. The van der Waals surface area contributed by atoms with E-state index in [1.54, 1.807) is 24.4 Å². The number of phenols is 1. The largest absolute Gasteiger partial charge is 0.508 e. The van der Waals surface area contributed by atoms with E-state index in [0.717, 1.165) is 5.52 Å². The summed E-state index contributed by atoms with van der Waals surface area (Å²) in [6.07, 6.45) is 1.71. The van der Waals surface area contributed by atoms with E-state index in [-0.39, 0.29) is 11.3 Å². The minimum atomic E-state index is -0.757. The van der Waals surface area contributed by atoms with Crippen molar-refractivity contribution < 1.29 is 19.4 Å². The van der Waals surface area contributed by atoms with Gasteiger partial charge < -0.3 is 14.8 Å². The van der Waals surface area contributed by atoms with Crippen LogP contribution in [0.15, 0.2) is 54.7 Å². The summed E-state index contributed by atoms with van der Waals surface area (Å²) in [6, 6.07) is 12.4. The Morgan fingerprint density at radius 1 is 0.952 bits per heavy atom. The van der Waals surface area contributed by atoms with Crippen molar-refractivity contribution in [2.75, 3.05) is 0 Å². The number of nitrogens with one attached hydrogen (secondary N) is 1. The number of phenolic OH excluding ortho intramolecular Hbond substituents is 1. The van der Waals surface area contributed by atoms with Crippen molar-refractivity contribution in [3.63, 3.8) is 0 Å². The average Bonchev–Trinajstić information content (AvgIpc) is 2.96. The summed E-state index contributed by atoms with van der Waals surface area (Å²) >= 11 is 0. The molecule has 0 amide bonds. The van der Waals surface area contributed by atoms with Gasteiger partial charge in [0.25, 0.3) is 0 Å². The van der Waals surface area contributed by atoms with Gasteiger partial charge in [0.15, 0.2) is 0 Å². The van der Waals surface area contributed by atoms with Gasteiger partial charge in [-0.25, -0.2) is 9.59 Å². The summed E-state index contributed by atoms with van der Waals surface area (Å²) in [5.41, 5.74) is 1.31. The first-order chi connectivity index (χ1) is 10.1. The molecule has 0 fully saturated rings. The number of carbonyl (C=O) groups is 2. The maximum absolute atomic E-state index is 12.1. The van der Waals surface area contributed by atoms with Gasteiger partial charge in [-0.15, -0.1) is 0 Å². The number of hydrogen-bond donors (Lipinski definition) is 2. The molecule has 0 atom stereocenters. The number of hydrogen-bond acceptors (Lipinski definition) is 4. The van der Waals surface area contributed by atoms with Crippen LogP contribution in [0.5, 0.6) is 5.75 Å². The topological polar surface area (TPSA) is 79.4 Å². The van der Waals surface area contributed by atoms with Gasteiger partial charge in [-0.1, -0.05) is 6.07 Å². The maximum Gasteiger partial charge on any atom is 0.346 e. The van der Waals surface area contributed by atoms with E-state index in [1.165, 1.54) is 24.3 Å². The molecule has 2 N–H and O–H groups in total. The summed E-state index contributed by atoms with van der Waals surface area (Å²) in [5, 5.41) is 9.87. The highest BCUT2D eigenvalue weighted by atomic mass is 16.6. The van der Waals surface area contributed by atoms with Crippen LogP contribution in [0.3, 0.4) is 0 Å². The van der Waals surface area contributed by atoms with Crippen molar-refractivity contribution in [2.24, 2.45) is 0 Å². The minimum absolute atomic E-state index is 0.0370. The molecule has 0 unspecified atom stereocenters. The van der Waals surface area contributed by atoms with Crippen molar-refractivity contribution in [2.45, 2.75) is 0 Å².